The first kappa shape index (κ1) is 17.7. The van der Waals surface area contributed by atoms with E-state index >= 15 is 0 Å². The maximum Gasteiger partial charge on any atom is 0.328 e. The number of carbonyl (C=O) groups is 2. The number of urea groups is 1. The fourth-order valence-electron chi connectivity index (χ4n) is 1.56. The molecule has 0 aromatic heterocycles. The molecule has 0 aliphatic heterocycles. The quantitative estimate of drug-likeness (QED) is 0.622. The molecule has 0 heterocycles. The molecule has 1 unspecified atom stereocenters. The number of aliphatic carboxylic acids is 1. The van der Waals surface area contributed by atoms with Crippen molar-refractivity contribution in [1.29, 1.82) is 0 Å². The Hall–Kier alpha value is -1.34. The Morgan fingerprint density at radius 1 is 1.32 bits per heavy atom. The van der Waals surface area contributed by atoms with Crippen LogP contribution in [0, 0.1) is 0 Å². The second kappa shape index (κ2) is 9.57. The van der Waals surface area contributed by atoms with E-state index in [2.05, 4.69) is 5.32 Å². The predicted octanol–water partition coefficient (Wildman–Crippen LogP) is 0.0692. The summed E-state index contributed by atoms with van der Waals surface area (Å²) in [7, 11) is 5.33. The summed E-state index contributed by atoms with van der Waals surface area (Å²) in [5.74, 6) is -1.10. The smallest absolute Gasteiger partial charge is 0.328 e. The van der Waals surface area contributed by atoms with Gasteiger partial charge in [-0.2, -0.15) is 0 Å². The molecule has 0 aromatic carbocycles. The van der Waals surface area contributed by atoms with Crippen LogP contribution in [0.1, 0.15) is 13.3 Å². The normalized spacial score (nSPS) is 12.3. The van der Waals surface area contributed by atoms with Crippen LogP contribution in [-0.4, -0.2) is 80.4 Å². The van der Waals surface area contributed by atoms with Crippen LogP contribution in [-0.2, 0) is 9.53 Å². The summed E-state index contributed by atoms with van der Waals surface area (Å²) in [5, 5.41) is 11.4. The van der Waals surface area contributed by atoms with E-state index in [4.69, 9.17) is 9.84 Å². The summed E-state index contributed by atoms with van der Waals surface area (Å²) in [6.07, 6.45) is 0.844. The average molecular weight is 275 g/mol. The van der Waals surface area contributed by atoms with Crippen LogP contribution >= 0.6 is 0 Å². The molecule has 0 aromatic rings. The number of amides is 2. The zero-order chi connectivity index (χ0) is 14.8. The van der Waals surface area contributed by atoms with Gasteiger partial charge in [-0.25, -0.2) is 9.59 Å². The summed E-state index contributed by atoms with van der Waals surface area (Å²) in [6, 6.07) is -1.38. The molecule has 2 amide bonds. The lowest BCUT2D eigenvalue weighted by molar-refractivity contribution is -0.140. The van der Waals surface area contributed by atoms with E-state index in [1.165, 1.54) is 7.11 Å². The van der Waals surface area contributed by atoms with Crippen molar-refractivity contribution < 1.29 is 19.4 Å². The molecular weight excluding hydrogens is 250 g/mol. The zero-order valence-electron chi connectivity index (χ0n) is 12.2. The third kappa shape index (κ3) is 7.63. The van der Waals surface area contributed by atoms with Gasteiger partial charge in [0, 0.05) is 20.2 Å². The van der Waals surface area contributed by atoms with Gasteiger partial charge in [-0.05, 0) is 34.0 Å². The second-order valence-corrected chi connectivity index (χ2v) is 4.53. The van der Waals surface area contributed by atoms with E-state index in [0.29, 0.717) is 13.1 Å². The second-order valence-electron chi connectivity index (χ2n) is 4.53. The van der Waals surface area contributed by atoms with Gasteiger partial charge in [0.1, 0.15) is 0 Å². The third-order valence-electron chi connectivity index (χ3n) is 2.63. The van der Waals surface area contributed by atoms with Gasteiger partial charge in [-0.1, -0.05) is 0 Å². The Morgan fingerprint density at radius 3 is 2.37 bits per heavy atom. The molecule has 2 N–H and O–H groups in total. The summed E-state index contributed by atoms with van der Waals surface area (Å²) in [5.41, 5.74) is 0. The maximum atomic E-state index is 11.9. The monoisotopic (exact) mass is 275 g/mol. The molecule has 112 valence electrons. The molecule has 0 bridgehead atoms. The summed E-state index contributed by atoms with van der Waals surface area (Å²) >= 11 is 0. The van der Waals surface area contributed by atoms with Crippen LogP contribution in [0.5, 0.6) is 0 Å². The highest BCUT2D eigenvalue weighted by atomic mass is 16.5. The van der Waals surface area contributed by atoms with E-state index in [1.807, 2.05) is 25.9 Å². The predicted molar refractivity (Wildman–Crippen MR) is 72.2 cm³/mol. The van der Waals surface area contributed by atoms with Crippen molar-refractivity contribution in [2.24, 2.45) is 0 Å². The number of ether oxygens (including phenoxy) is 1. The van der Waals surface area contributed by atoms with Crippen molar-refractivity contribution in [2.75, 3.05) is 47.4 Å². The molecule has 0 aliphatic carbocycles. The summed E-state index contributed by atoms with van der Waals surface area (Å²) < 4.78 is 4.77. The molecule has 0 aliphatic rings. The van der Waals surface area contributed by atoms with Crippen molar-refractivity contribution in [3.05, 3.63) is 0 Å². The van der Waals surface area contributed by atoms with Gasteiger partial charge in [0.25, 0.3) is 0 Å². The van der Waals surface area contributed by atoms with Crippen molar-refractivity contribution >= 4 is 12.0 Å². The number of nitrogens with zero attached hydrogens (tertiary/aromatic N) is 2. The molecule has 7 nitrogen and oxygen atoms in total. The lowest BCUT2D eigenvalue weighted by Crippen LogP contribution is -2.50. The molecule has 0 spiro atoms. The van der Waals surface area contributed by atoms with Crippen LogP contribution < -0.4 is 5.32 Å². The number of carbonyl (C=O) groups excluding carboxylic acids is 1. The van der Waals surface area contributed by atoms with Gasteiger partial charge in [-0.15, -0.1) is 0 Å². The summed E-state index contributed by atoms with van der Waals surface area (Å²) in [4.78, 5) is 26.5. The molecule has 7 heteroatoms. The van der Waals surface area contributed by atoms with E-state index in [9.17, 15) is 9.59 Å². The number of hydrogen-bond donors (Lipinski definition) is 2. The van der Waals surface area contributed by atoms with E-state index in [0.717, 1.165) is 13.0 Å². The molecule has 0 rings (SSSR count). The third-order valence-corrected chi connectivity index (χ3v) is 2.63. The minimum absolute atomic E-state index is 0.0453. The fourth-order valence-corrected chi connectivity index (χ4v) is 1.56. The van der Waals surface area contributed by atoms with Crippen LogP contribution in [0.15, 0.2) is 0 Å². The fraction of sp³-hybridized carbons (Fsp3) is 0.833. The highest BCUT2D eigenvalue weighted by Crippen LogP contribution is 1.96. The Balaban J connectivity index is 4.28. The molecule has 0 radical (unpaired) electrons. The topological polar surface area (TPSA) is 82.1 Å². The van der Waals surface area contributed by atoms with Crippen molar-refractivity contribution in [3.63, 3.8) is 0 Å². The van der Waals surface area contributed by atoms with Crippen molar-refractivity contribution in [2.45, 2.75) is 19.4 Å². The van der Waals surface area contributed by atoms with Crippen LogP contribution in [0.2, 0.25) is 0 Å². The number of nitrogens with one attached hydrogen (secondary N) is 1. The molecular formula is C12H25N3O4. The minimum atomic E-state index is -1.10. The molecule has 0 saturated heterocycles. The maximum absolute atomic E-state index is 11.9. The zero-order valence-corrected chi connectivity index (χ0v) is 12.2. The first-order valence-electron chi connectivity index (χ1n) is 6.34. The lowest BCUT2D eigenvalue weighted by atomic mass is 10.3. The number of carboxylic acid groups (broad SMARTS) is 1. The Morgan fingerprint density at radius 2 is 1.95 bits per heavy atom. The van der Waals surface area contributed by atoms with Crippen LogP contribution in [0.25, 0.3) is 0 Å². The molecule has 0 fully saturated rings. The standard InChI is InChI=1S/C12H25N3O4/c1-5-15(8-6-7-14(2)3)12(18)13-10(9-19-4)11(16)17/h10H,5-9H2,1-4H3,(H,13,18)(H,16,17). The lowest BCUT2D eigenvalue weighted by Gasteiger charge is -2.24. The Labute approximate surface area is 114 Å². The number of hydrogen-bond acceptors (Lipinski definition) is 4. The first-order chi connectivity index (χ1) is 8.92. The van der Waals surface area contributed by atoms with Gasteiger partial charge in [0.2, 0.25) is 0 Å². The Kier molecular flexibility index (Phi) is 8.90. The highest BCUT2D eigenvalue weighted by Gasteiger charge is 2.22. The van der Waals surface area contributed by atoms with Gasteiger partial charge in [0.05, 0.1) is 6.61 Å². The van der Waals surface area contributed by atoms with E-state index in [1.54, 1.807) is 4.90 Å². The average Bonchev–Trinajstić information content (AvgIpc) is 2.33. The van der Waals surface area contributed by atoms with Gasteiger partial charge < -0.3 is 25.0 Å². The van der Waals surface area contributed by atoms with Gasteiger partial charge >= 0.3 is 12.0 Å². The summed E-state index contributed by atoms with van der Waals surface area (Å²) in [6.45, 7) is 3.83. The van der Waals surface area contributed by atoms with E-state index in [-0.39, 0.29) is 12.6 Å². The highest BCUT2D eigenvalue weighted by molar-refractivity contribution is 5.82. The number of carboxylic acids is 1. The molecule has 1 atom stereocenters. The van der Waals surface area contributed by atoms with Crippen molar-refractivity contribution in [1.82, 2.24) is 15.1 Å². The van der Waals surface area contributed by atoms with Crippen LogP contribution in [0.4, 0.5) is 4.79 Å². The number of rotatable bonds is 9. The largest absolute Gasteiger partial charge is 0.480 e. The SMILES string of the molecule is CCN(CCCN(C)C)C(=O)NC(COC)C(=O)O. The van der Waals surface area contributed by atoms with Gasteiger partial charge in [-0.3, -0.25) is 0 Å². The first-order valence-corrected chi connectivity index (χ1v) is 6.34. The van der Waals surface area contributed by atoms with Crippen molar-refractivity contribution in [3.8, 4) is 0 Å². The van der Waals surface area contributed by atoms with E-state index < -0.39 is 12.0 Å². The number of methoxy groups -OCH3 is 1. The van der Waals surface area contributed by atoms with Gasteiger partial charge in [0.15, 0.2) is 6.04 Å². The minimum Gasteiger partial charge on any atom is -0.480 e. The molecule has 19 heavy (non-hydrogen) atoms. The van der Waals surface area contributed by atoms with Crippen LogP contribution in [0.3, 0.4) is 0 Å². The Bertz CT molecular complexity index is 284. The molecule has 0 saturated carbocycles.